The maximum atomic E-state index is 6.64. The van der Waals surface area contributed by atoms with Crippen molar-refractivity contribution in [1.82, 2.24) is 0 Å². The molecule has 4 bridgehead atoms. The Bertz CT molecular complexity index is 861. The standard InChI is InChI=1S/C24H22O4/c1-2-6-20-16-13-14-17-21(19(20,5-1)15(13)23(17)25-9-10-26-23)7-3-4-8-22(20,21)18(14)24(16)27-11-12-28-24/h1-8,13-18H,9-12H2/t13?,14?,15-,16+,17+,18-,19?,20?,21?,22?. The Kier molecular flexibility index (Phi) is 1.67. The van der Waals surface area contributed by atoms with Gasteiger partial charge in [0.15, 0.2) is 11.6 Å². The zero-order valence-corrected chi connectivity index (χ0v) is 15.5. The lowest BCUT2D eigenvalue weighted by atomic mass is 9.25. The molecule has 28 heavy (non-hydrogen) atoms. The molecule has 0 N–H and O–H groups in total. The van der Waals surface area contributed by atoms with E-state index in [1.165, 1.54) is 0 Å². The molecule has 2 aliphatic heterocycles. The van der Waals surface area contributed by atoms with Crippen LogP contribution in [0.2, 0.25) is 0 Å². The van der Waals surface area contributed by atoms with E-state index in [4.69, 9.17) is 18.9 Å². The highest BCUT2D eigenvalue weighted by Crippen LogP contribution is 3.12. The summed E-state index contributed by atoms with van der Waals surface area (Å²) in [5.41, 5.74) is 0.351. The van der Waals surface area contributed by atoms with Crippen LogP contribution in [0.25, 0.3) is 0 Å². The molecule has 6 atom stereocenters. The fraction of sp³-hybridized carbons (Fsp3) is 0.667. The fourth-order valence-electron chi connectivity index (χ4n) is 12.5. The Morgan fingerprint density at radius 1 is 0.464 bits per heavy atom. The Morgan fingerprint density at radius 2 is 0.750 bits per heavy atom. The summed E-state index contributed by atoms with van der Waals surface area (Å²) in [6.45, 7) is 2.97. The Hall–Kier alpha value is -1.20. The van der Waals surface area contributed by atoms with Gasteiger partial charge in [-0.05, 0) is 11.8 Å². The molecule has 2 saturated heterocycles. The minimum absolute atomic E-state index is 0.0877. The number of hydrogen-bond acceptors (Lipinski definition) is 4. The monoisotopic (exact) mass is 374 g/mol. The van der Waals surface area contributed by atoms with Crippen LogP contribution in [0.1, 0.15) is 0 Å². The third kappa shape index (κ3) is 0.729. The molecule has 6 spiro atoms. The van der Waals surface area contributed by atoms with Gasteiger partial charge in [0.25, 0.3) is 0 Å². The molecule has 11 rings (SSSR count). The van der Waals surface area contributed by atoms with Crippen LogP contribution < -0.4 is 0 Å². The van der Waals surface area contributed by atoms with Gasteiger partial charge in [-0.15, -0.1) is 0 Å². The molecule has 9 aliphatic carbocycles. The minimum Gasteiger partial charge on any atom is -0.347 e. The highest BCUT2D eigenvalue weighted by Gasteiger charge is 3.14. The van der Waals surface area contributed by atoms with Crippen molar-refractivity contribution in [1.29, 1.82) is 0 Å². The molecule has 0 aromatic heterocycles. The zero-order chi connectivity index (χ0) is 17.8. The lowest BCUT2D eigenvalue weighted by Crippen LogP contribution is -2.74. The van der Waals surface area contributed by atoms with Gasteiger partial charge < -0.3 is 18.9 Å². The van der Waals surface area contributed by atoms with Gasteiger partial charge in [-0.3, -0.25) is 0 Å². The van der Waals surface area contributed by atoms with Crippen molar-refractivity contribution < 1.29 is 18.9 Å². The summed E-state index contributed by atoms with van der Waals surface area (Å²) >= 11 is 0. The predicted octanol–water partition coefficient (Wildman–Crippen LogP) is 2.45. The lowest BCUT2D eigenvalue weighted by Gasteiger charge is -2.76. The summed E-state index contributed by atoms with van der Waals surface area (Å²) in [4.78, 5) is 0. The van der Waals surface area contributed by atoms with Gasteiger partial charge in [-0.1, -0.05) is 48.6 Å². The van der Waals surface area contributed by atoms with Crippen LogP contribution >= 0.6 is 0 Å². The Balaban J connectivity index is 1.43. The van der Waals surface area contributed by atoms with Crippen molar-refractivity contribution in [3.63, 3.8) is 0 Å². The van der Waals surface area contributed by atoms with E-state index < -0.39 is 11.6 Å². The van der Waals surface area contributed by atoms with Crippen molar-refractivity contribution >= 4 is 0 Å². The van der Waals surface area contributed by atoms with E-state index in [9.17, 15) is 0 Å². The first kappa shape index (κ1) is 13.9. The van der Waals surface area contributed by atoms with E-state index in [1.807, 2.05) is 0 Å². The third-order valence-electron chi connectivity index (χ3n) is 11.6. The summed E-state index contributed by atoms with van der Waals surface area (Å²) < 4.78 is 26.6. The summed E-state index contributed by atoms with van der Waals surface area (Å²) in [6.07, 6.45) is 19.5. The SMILES string of the molecule is C1=CC23[C@@H]4C5C6[C@@H]7C8(OCCO8)[C@H]5C2(C=C1)C71C=CC=CC31[C@@H]6C41OCCO1. The van der Waals surface area contributed by atoms with Crippen molar-refractivity contribution in [2.75, 3.05) is 26.4 Å². The lowest BCUT2D eigenvalue weighted by molar-refractivity contribution is -0.223. The summed E-state index contributed by atoms with van der Waals surface area (Å²) in [5, 5.41) is 0. The van der Waals surface area contributed by atoms with Gasteiger partial charge in [-0.25, -0.2) is 0 Å². The van der Waals surface area contributed by atoms with E-state index in [0.29, 0.717) is 35.5 Å². The molecule has 2 unspecified atom stereocenters. The van der Waals surface area contributed by atoms with Crippen molar-refractivity contribution in [3.05, 3.63) is 48.6 Å². The fourth-order valence-corrected chi connectivity index (χ4v) is 12.5. The normalized spacial score (nSPS) is 68.9. The zero-order valence-electron chi connectivity index (χ0n) is 15.5. The highest BCUT2D eigenvalue weighted by atomic mass is 16.8. The molecule has 0 amide bonds. The topological polar surface area (TPSA) is 36.9 Å². The molecule has 0 radical (unpaired) electrons. The maximum Gasteiger partial charge on any atom is 0.176 e. The first-order valence-electron chi connectivity index (χ1n) is 11.1. The molecule has 4 heteroatoms. The molecular formula is C24H22O4. The van der Waals surface area contributed by atoms with Crippen molar-refractivity contribution in [3.8, 4) is 0 Å². The Morgan fingerprint density at radius 3 is 1.04 bits per heavy atom. The number of allylic oxidation sites excluding steroid dienone is 8. The average molecular weight is 374 g/mol. The van der Waals surface area contributed by atoms with E-state index >= 15 is 0 Å². The molecular weight excluding hydrogens is 352 g/mol. The summed E-state index contributed by atoms with van der Waals surface area (Å²) in [7, 11) is 0. The minimum atomic E-state index is -0.392. The van der Waals surface area contributed by atoms with Gasteiger partial charge in [0.2, 0.25) is 0 Å². The van der Waals surface area contributed by atoms with Gasteiger partial charge in [-0.2, -0.15) is 0 Å². The Labute approximate surface area is 163 Å². The maximum absolute atomic E-state index is 6.64. The van der Waals surface area contributed by atoms with Gasteiger partial charge >= 0.3 is 0 Å². The van der Waals surface area contributed by atoms with Crippen molar-refractivity contribution in [2.45, 2.75) is 11.6 Å². The van der Waals surface area contributed by atoms with E-state index in [0.717, 1.165) is 26.4 Å². The second-order valence-corrected chi connectivity index (χ2v) is 10.8. The highest BCUT2D eigenvalue weighted by molar-refractivity contribution is 5.69. The predicted molar refractivity (Wildman–Crippen MR) is 96.5 cm³/mol. The summed E-state index contributed by atoms with van der Waals surface area (Å²) in [5.74, 6) is 2.07. The molecule has 4 nitrogen and oxygen atoms in total. The molecule has 7 saturated carbocycles. The first-order valence-corrected chi connectivity index (χ1v) is 11.1. The molecule has 0 aromatic rings. The van der Waals surface area contributed by atoms with Crippen LogP contribution in [0.15, 0.2) is 48.6 Å². The van der Waals surface area contributed by atoms with Crippen LogP contribution in [-0.2, 0) is 18.9 Å². The number of hydrogen-bond donors (Lipinski definition) is 0. The molecule has 11 aliphatic rings. The third-order valence-corrected chi connectivity index (χ3v) is 11.6. The van der Waals surface area contributed by atoms with Crippen LogP contribution in [0.5, 0.6) is 0 Å². The largest absolute Gasteiger partial charge is 0.347 e. The number of ether oxygens (including phenoxy) is 4. The number of rotatable bonds is 0. The van der Waals surface area contributed by atoms with Crippen molar-refractivity contribution in [2.24, 2.45) is 57.2 Å². The van der Waals surface area contributed by atoms with Gasteiger partial charge in [0.05, 0.1) is 26.4 Å². The molecule has 0 aromatic carbocycles. The van der Waals surface area contributed by atoms with Crippen LogP contribution in [0.4, 0.5) is 0 Å². The quantitative estimate of drug-likeness (QED) is 0.653. The van der Waals surface area contributed by atoms with E-state index in [2.05, 4.69) is 48.6 Å². The molecule has 2 heterocycles. The molecule has 142 valence electrons. The van der Waals surface area contributed by atoms with Crippen LogP contribution in [0, 0.1) is 57.2 Å². The van der Waals surface area contributed by atoms with Gasteiger partial charge in [0.1, 0.15) is 0 Å². The second-order valence-electron chi connectivity index (χ2n) is 10.8. The smallest absolute Gasteiger partial charge is 0.176 e. The van der Waals surface area contributed by atoms with Crippen LogP contribution in [0.3, 0.4) is 0 Å². The first-order chi connectivity index (χ1) is 13.8. The van der Waals surface area contributed by atoms with Crippen LogP contribution in [-0.4, -0.2) is 38.0 Å². The van der Waals surface area contributed by atoms with E-state index in [1.54, 1.807) is 0 Å². The van der Waals surface area contributed by atoms with Gasteiger partial charge in [0, 0.05) is 45.3 Å². The van der Waals surface area contributed by atoms with E-state index in [-0.39, 0.29) is 21.7 Å². The summed E-state index contributed by atoms with van der Waals surface area (Å²) in [6, 6.07) is 0. The second kappa shape index (κ2) is 3.35. The molecule has 9 fully saturated rings. The average Bonchev–Trinajstić information content (AvgIpc) is 3.50.